The number of likely N-dealkylation sites (tertiary alicyclic amines) is 1. The number of ether oxygens (including phenoxy) is 1. The van der Waals surface area contributed by atoms with Gasteiger partial charge in [-0.05, 0) is 42.8 Å². The van der Waals surface area contributed by atoms with Gasteiger partial charge in [0.25, 0.3) is 0 Å². The first-order chi connectivity index (χ1) is 16.0. The van der Waals surface area contributed by atoms with Crippen LogP contribution in [0.5, 0.6) is 0 Å². The number of benzene rings is 1. The fourth-order valence-electron chi connectivity index (χ4n) is 3.32. The van der Waals surface area contributed by atoms with E-state index in [0.29, 0.717) is 25.2 Å². The second kappa shape index (κ2) is 9.88. The van der Waals surface area contributed by atoms with Gasteiger partial charge in [0, 0.05) is 17.9 Å². The predicted octanol–water partition coefficient (Wildman–Crippen LogP) is 4.81. The number of β-amino-alcohol motifs (C(OH)–C–C–N with tert-alkyl or cyclic N) is 1. The first-order valence-corrected chi connectivity index (χ1v) is 12.9. The van der Waals surface area contributed by atoms with Crippen LogP contribution in [0.3, 0.4) is 0 Å². The van der Waals surface area contributed by atoms with Crippen LogP contribution < -0.4 is 5.32 Å². The molecule has 1 amide bonds. The summed E-state index contributed by atoms with van der Waals surface area (Å²) in [6.07, 6.45) is -1.34. The smallest absolute Gasteiger partial charge is 0.410 e. The molecule has 0 unspecified atom stereocenters. The van der Waals surface area contributed by atoms with E-state index in [0.717, 1.165) is 17.8 Å². The van der Waals surface area contributed by atoms with Crippen molar-refractivity contribution in [3.05, 3.63) is 39.3 Å². The maximum absolute atomic E-state index is 14.0. The van der Waals surface area contributed by atoms with Gasteiger partial charge in [0.15, 0.2) is 32.2 Å². The zero-order chi connectivity index (χ0) is 24.6. The Morgan fingerprint density at radius 1 is 1.32 bits per heavy atom. The van der Waals surface area contributed by atoms with Crippen molar-refractivity contribution in [1.82, 2.24) is 19.9 Å². The normalized spacial score (nSPS) is 18.5. The molecule has 8 nitrogen and oxygen atoms in total. The van der Waals surface area contributed by atoms with Gasteiger partial charge in [-0.2, -0.15) is 0 Å². The summed E-state index contributed by atoms with van der Waals surface area (Å²) >= 11 is 5.81. The molecule has 0 radical (unpaired) electrons. The number of hydrogen-bond acceptors (Lipinski definition) is 9. The van der Waals surface area contributed by atoms with Gasteiger partial charge in [0.2, 0.25) is 0 Å². The number of nitrogens with one attached hydrogen (secondary N) is 1. The molecular weight excluding hydrogens is 552 g/mol. The fourth-order valence-corrected chi connectivity index (χ4v) is 5.48. The van der Waals surface area contributed by atoms with Crippen LogP contribution in [-0.2, 0) is 10.5 Å². The van der Waals surface area contributed by atoms with E-state index in [-0.39, 0.29) is 24.4 Å². The lowest BCUT2D eigenvalue weighted by Crippen LogP contribution is -2.36. The molecule has 1 aliphatic rings. The number of nitrogens with zero attached hydrogens (tertiary/aromatic N) is 4. The average molecular weight is 574 g/mol. The van der Waals surface area contributed by atoms with Crippen molar-refractivity contribution in [2.45, 2.75) is 49.4 Å². The lowest BCUT2D eigenvalue weighted by molar-refractivity contribution is 0.0270. The summed E-state index contributed by atoms with van der Waals surface area (Å²) in [4.78, 5) is 27.2. The molecule has 0 bridgehead atoms. The summed E-state index contributed by atoms with van der Waals surface area (Å²) in [5.74, 6) is -1.25. The van der Waals surface area contributed by atoms with Crippen LogP contribution in [0.1, 0.15) is 26.3 Å². The van der Waals surface area contributed by atoms with Crippen molar-refractivity contribution in [2.24, 2.45) is 0 Å². The fraction of sp³-hybridized carbons (Fsp3) is 0.429. The van der Waals surface area contributed by atoms with Crippen LogP contribution in [0.15, 0.2) is 27.3 Å². The number of thioether (sulfide) groups is 1. The molecule has 13 heteroatoms. The van der Waals surface area contributed by atoms with Crippen molar-refractivity contribution in [2.75, 3.05) is 18.4 Å². The third kappa shape index (κ3) is 5.75. The molecule has 0 saturated carbocycles. The number of fused-ring (bicyclic) bond motifs is 1. The van der Waals surface area contributed by atoms with Gasteiger partial charge in [-0.15, -0.1) is 11.3 Å². The van der Waals surface area contributed by atoms with Gasteiger partial charge in [0.1, 0.15) is 10.3 Å². The standard InChI is InChI=1S/C21H22BrF2N5O3S2/c1-21(2,3)32-20(31)29-7-12(13(30)8-29)25-16-15-17(26-18(22)34-15)28-19(27-16)33-9-10-5-4-6-11(23)14(10)24/h4-6,12-13,30H,7-9H2,1-3H3,(H,25,27,28)/t12-,13-/m1/s1. The summed E-state index contributed by atoms with van der Waals surface area (Å²) in [5, 5.41) is 14.1. The number of hydrogen-bond donors (Lipinski definition) is 2. The first-order valence-electron chi connectivity index (χ1n) is 10.3. The van der Waals surface area contributed by atoms with Crippen LogP contribution in [0.2, 0.25) is 0 Å². The van der Waals surface area contributed by atoms with Crippen molar-refractivity contribution >= 4 is 61.3 Å². The molecule has 1 aromatic carbocycles. The van der Waals surface area contributed by atoms with E-state index in [1.165, 1.54) is 28.4 Å². The number of anilines is 1. The van der Waals surface area contributed by atoms with E-state index in [1.54, 1.807) is 20.8 Å². The second-order valence-electron chi connectivity index (χ2n) is 8.68. The van der Waals surface area contributed by atoms with Crippen LogP contribution in [0.4, 0.5) is 19.4 Å². The highest BCUT2D eigenvalue weighted by atomic mass is 79.9. The zero-order valence-electron chi connectivity index (χ0n) is 18.5. The van der Waals surface area contributed by atoms with Gasteiger partial charge < -0.3 is 20.1 Å². The highest BCUT2D eigenvalue weighted by molar-refractivity contribution is 9.11. The summed E-state index contributed by atoms with van der Waals surface area (Å²) in [7, 11) is 0. The number of carbonyl (C=O) groups is 1. The Balaban J connectivity index is 1.54. The summed E-state index contributed by atoms with van der Waals surface area (Å²) in [6, 6.07) is 3.52. The maximum Gasteiger partial charge on any atom is 0.410 e. The molecular formula is C21H22BrF2N5O3S2. The van der Waals surface area contributed by atoms with Crippen LogP contribution in [0, 0.1) is 11.6 Å². The Kier molecular flexibility index (Phi) is 7.27. The summed E-state index contributed by atoms with van der Waals surface area (Å²) < 4.78 is 34.2. The SMILES string of the molecule is CC(C)(C)OC(=O)N1C[C@@H](O)[C@H](Nc2nc(SCc3cccc(F)c3F)nc3nc(Br)sc23)C1. The minimum Gasteiger partial charge on any atom is -0.444 e. The summed E-state index contributed by atoms with van der Waals surface area (Å²) in [5.41, 5.74) is -0.0240. The third-order valence-electron chi connectivity index (χ3n) is 4.86. The zero-order valence-corrected chi connectivity index (χ0v) is 21.7. The lowest BCUT2D eigenvalue weighted by Gasteiger charge is -2.24. The average Bonchev–Trinajstić information content (AvgIpc) is 3.30. The third-order valence-corrected chi connectivity index (χ3v) is 7.26. The molecule has 34 heavy (non-hydrogen) atoms. The Hall–Kier alpha value is -2.09. The van der Waals surface area contributed by atoms with Gasteiger partial charge in [-0.3, -0.25) is 0 Å². The Labute approximate surface area is 211 Å². The first kappa shape index (κ1) is 25.0. The van der Waals surface area contributed by atoms with Crippen molar-refractivity contribution in [3.63, 3.8) is 0 Å². The van der Waals surface area contributed by atoms with Crippen LogP contribution in [0.25, 0.3) is 10.3 Å². The second-order valence-corrected chi connectivity index (χ2v) is 11.9. The number of halogens is 3. The van der Waals surface area contributed by atoms with Gasteiger partial charge in [-0.1, -0.05) is 23.9 Å². The molecule has 2 aromatic heterocycles. The number of amides is 1. The minimum atomic E-state index is -0.912. The van der Waals surface area contributed by atoms with Crippen LogP contribution in [-0.4, -0.2) is 61.9 Å². The maximum atomic E-state index is 14.0. The molecule has 1 fully saturated rings. The molecule has 1 aliphatic heterocycles. The van der Waals surface area contributed by atoms with Gasteiger partial charge in [0.05, 0.1) is 18.7 Å². The Bertz CT molecular complexity index is 1220. The number of aliphatic hydroxyl groups is 1. The Morgan fingerprint density at radius 2 is 2.09 bits per heavy atom. The van der Waals surface area contributed by atoms with Crippen LogP contribution >= 0.6 is 39.0 Å². The highest BCUT2D eigenvalue weighted by Crippen LogP contribution is 2.34. The number of aliphatic hydroxyl groups excluding tert-OH is 1. The van der Waals surface area contributed by atoms with Gasteiger partial charge in [-0.25, -0.2) is 28.5 Å². The predicted molar refractivity (Wildman–Crippen MR) is 130 cm³/mol. The summed E-state index contributed by atoms with van der Waals surface area (Å²) in [6.45, 7) is 5.68. The van der Waals surface area contributed by atoms with Crippen molar-refractivity contribution < 1.29 is 23.4 Å². The number of rotatable bonds is 5. The molecule has 0 spiro atoms. The van der Waals surface area contributed by atoms with E-state index in [9.17, 15) is 18.7 Å². The topological polar surface area (TPSA) is 100 Å². The number of aromatic nitrogens is 3. The van der Waals surface area contributed by atoms with Crippen molar-refractivity contribution in [1.29, 1.82) is 0 Å². The molecule has 1 saturated heterocycles. The van der Waals surface area contributed by atoms with E-state index < -0.39 is 35.5 Å². The molecule has 3 aromatic rings. The van der Waals surface area contributed by atoms with Gasteiger partial charge >= 0.3 is 6.09 Å². The van der Waals surface area contributed by atoms with E-state index in [1.807, 2.05) is 0 Å². The van der Waals surface area contributed by atoms with E-state index in [4.69, 9.17) is 4.74 Å². The quantitative estimate of drug-likeness (QED) is 0.331. The molecule has 182 valence electrons. The molecule has 4 rings (SSSR count). The molecule has 2 atom stereocenters. The molecule has 2 N–H and O–H groups in total. The number of carbonyl (C=O) groups excluding carboxylic acids is 1. The highest BCUT2D eigenvalue weighted by Gasteiger charge is 2.37. The Morgan fingerprint density at radius 3 is 2.82 bits per heavy atom. The molecule has 0 aliphatic carbocycles. The minimum absolute atomic E-state index is 0.119. The largest absolute Gasteiger partial charge is 0.444 e. The van der Waals surface area contributed by atoms with Crippen molar-refractivity contribution in [3.8, 4) is 0 Å². The van der Waals surface area contributed by atoms with E-state index in [2.05, 4.69) is 36.2 Å². The lowest BCUT2D eigenvalue weighted by atomic mass is 10.2. The van der Waals surface area contributed by atoms with E-state index >= 15 is 0 Å². The number of thiazole rings is 1. The monoisotopic (exact) mass is 573 g/mol. The molecule has 3 heterocycles.